The molecule has 0 aliphatic heterocycles. The maximum atomic E-state index is 5.64. The molecule has 0 atom stereocenters. The summed E-state index contributed by atoms with van der Waals surface area (Å²) in [7, 11) is 1.67. The van der Waals surface area contributed by atoms with Gasteiger partial charge in [0.2, 0.25) is 0 Å². The van der Waals surface area contributed by atoms with Crippen LogP contribution in [0, 0.1) is 6.92 Å². The number of hydrogen-bond acceptors (Lipinski definition) is 4. The number of thiophene rings is 1. The molecule has 0 radical (unpaired) electrons. The lowest BCUT2D eigenvalue weighted by molar-refractivity contribution is 0.122. The van der Waals surface area contributed by atoms with Crippen molar-refractivity contribution < 1.29 is 9.47 Å². The lowest BCUT2D eigenvalue weighted by Crippen LogP contribution is -2.19. The quantitative estimate of drug-likeness (QED) is 0.756. The van der Waals surface area contributed by atoms with Crippen molar-refractivity contribution in [3.8, 4) is 5.75 Å². The van der Waals surface area contributed by atoms with Crippen LogP contribution in [-0.2, 0) is 17.9 Å². The largest absolute Gasteiger partial charge is 0.497 e. The van der Waals surface area contributed by atoms with Crippen molar-refractivity contribution in [3.63, 3.8) is 0 Å². The van der Waals surface area contributed by atoms with E-state index in [1.54, 1.807) is 18.4 Å². The van der Waals surface area contributed by atoms with E-state index in [9.17, 15) is 0 Å². The van der Waals surface area contributed by atoms with Crippen LogP contribution in [0.25, 0.3) is 0 Å². The summed E-state index contributed by atoms with van der Waals surface area (Å²) in [4.78, 5) is 1.40. The molecule has 0 amide bonds. The highest BCUT2D eigenvalue weighted by Crippen LogP contribution is 2.14. The Kier molecular flexibility index (Phi) is 6.05. The minimum absolute atomic E-state index is 0.643. The average molecular weight is 291 g/mol. The minimum atomic E-state index is 0.643. The van der Waals surface area contributed by atoms with E-state index < -0.39 is 0 Å². The third-order valence-electron chi connectivity index (χ3n) is 3.10. The maximum Gasteiger partial charge on any atom is 0.118 e. The van der Waals surface area contributed by atoms with Gasteiger partial charge in [0.1, 0.15) is 5.75 Å². The molecule has 0 spiro atoms. The Labute approximate surface area is 124 Å². The Morgan fingerprint density at radius 1 is 1.15 bits per heavy atom. The van der Waals surface area contributed by atoms with Gasteiger partial charge in [-0.3, -0.25) is 0 Å². The van der Waals surface area contributed by atoms with Crippen molar-refractivity contribution in [2.24, 2.45) is 0 Å². The highest BCUT2D eigenvalue weighted by molar-refractivity contribution is 7.10. The minimum Gasteiger partial charge on any atom is -0.497 e. The fourth-order valence-corrected chi connectivity index (χ4v) is 2.72. The molecule has 2 rings (SSSR count). The predicted molar refractivity (Wildman–Crippen MR) is 83.4 cm³/mol. The molecule has 0 unspecified atom stereocenters. The molecule has 0 saturated carbocycles. The summed E-state index contributed by atoms with van der Waals surface area (Å²) in [5.74, 6) is 0.877. The summed E-state index contributed by atoms with van der Waals surface area (Å²) in [5.41, 5.74) is 2.53. The maximum absolute atomic E-state index is 5.64. The standard InChI is InChI=1S/C16H21NO2S/c1-13-7-10-20-16(13)11-17-8-9-19-12-14-3-5-15(18-2)6-4-14/h3-7,10,17H,8-9,11-12H2,1-2H3. The van der Waals surface area contributed by atoms with E-state index in [-0.39, 0.29) is 0 Å². The van der Waals surface area contributed by atoms with E-state index in [4.69, 9.17) is 9.47 Å². The van der Waals surface area contributed by atoms with Gasteiger partial charge in [-0.15, -0.1) is 11.3 Å². The van der Waals surface area contributed by atoms with Gasteiger partial charge in [0.15, 0.2) is 0 Å². The van der Waals surface area contributed by atoms with Gasteiger partial charge in [-0.2, -0.15) is 0 Å². The molecule has 0 aliphatic carbocycles. The van der Waals surface area contributed by atoms with Crippen molar-refractivity contribution >= 4 is 11.3 Å². The molecule has 0 saturated heterocycles. The van der Waals surface area contributed by atoms with Crippen LogP contribution in [0.5, 0.6) is 5.75 Å². The van der Waals surface area contributed by atoms with Gasteiger partial charge in [0.25, 0.3) is 0 Å². The van der Waals surface area contributed by atoms with Crippen molar-refractivity contribution in [1.82, 2.24) is 5.32 Å². The smallest absolute Gasteiger partial charge is 0.118 e. The van der Waals surface area contributed by atoms with E-state index >= 15 is 0 Å². The third kappa shape index (κ3) is 4.63. The van der Waals surface area contributed by atoms with E-state index in [0.29, 0.717) is 6.61 Å². The molecule has 1 N–H and O–H groups in total. The highest BCUT2D eigenvalue weighted by atomic mass is 32.1. The monoisotopic (exact) mass is 291 g/mol. The van der Waals surface area contributed by atoms with Crippen molar-refractivity contribution in [1.29, 1.82) is 0 Å². The lowest BCUT2D eigenvalue weighted by atomic mass is 10.2. The number of rotatable bonds is 8. The average Bonchev–Trinajstić information content (AvgIpc) is 2.89. The highest BCUT2D eigenvalue weighted by Gasteiger charge is 1.99. The number of nitrogens with one attached hydrogen (secondary N) is 1. The Morgan fingerprint density at radius 3 is 2.60 bits per heavy atom. The fourth-order valence-electron chi connectivity index (χ4n) is 1.84. The Morgan fingerprint density at radius 2 is 1.95 bits per heavy atom. The molecular weight excluding hydrogens is 270 g/mol. The van der Waals surface area contributed by atoms with Gasteiger partial charge in [0, 0.05) is 18.0 Å². The van der Waals surface area contributed by atoms with Crippen molar-refractivity contribution in [2.45, 2.75) is 20.1 Å². The number of ether oxygens (including phenoxy) is 2. The number of benzene rings is 1. The zero-order valence-electron chi connectivity index (χ0n) is 12.0. The first-order valence-corrected chi connectivity index (χ1v) is 7.62. The number of methoxy groups -OCH3 is 1. The molecule has 1 aromatic carbocycles. The number of hydrogen-bond donors (Lipinski definition) is 1. The fraction of sp³-hybridized carbons (Fsp3) is 0.375. The molecular formula is C16H21NO2S. The first kappa shape index (κ1) is 15.0. The second-order valence-electron chi connectivity index (χ2n) is 4.60. The van der Waals surface area contributed by atoms with Crippen LogP contribution in [0.2, 0.25) is 0 Å². The van der Waals surface area contributed by atoms with Gasteiger partial charge >= 0.3 is 0 Å². The van der Waals surface area contributed by atoms with Crippen molar-refractivity contribution in [2.75, 3.05) is 20.3 Å². The van der Waals surface area contributed by atoms with E-state index in [1.165, 1.54) is 16.0 Å². The second-order valence-corrected chi connectivity index (χ2v) is 5.60. The van der Waals surface area contributed by atoms with Crippen LogP contribution < -0.4 is 10.1 Å². The Balaban J connectivity index is 1.58. The summed E-state index contributed by atoms with van der Waals surface area (Å²) in [6, 6.07) is 10.1. The topological polar surface area (TPSA) is 30.5 Å². The van der Waals surface area contributed by atoms with Gasteiger partial charge < -0.3 is 14.8 Å². The van der Waals surface area contributed by atoms with Crippen LogP contribution >= 0.6 is 11.3 Å². The summed E-state index contributed by atoms with van der Waals surface area (Å²) < 4.78 is 10.8. The molecule has 1 heterocycles. The third-order valence-corrected chi connectivity index (χ3v) is 4.13. The van der Waals surface area contributed by atoms with Gasteiger partial charge in [-0.1, -0.05) is 12.1 Å². The second kappa shape index (κ2) is 8.04. The molecule has 0 fully saturated rings. The zero-order chi connectivity index (χ0) is 14.2. The Bertz CT molecular complexity index is 507. The molecule has 0 bridgehead atoms. The Hall–Kier alpha value is -1.36. The first-order valence-electron chi connectivity index (χ1n) is 6.74. The SMILES string of the molecule is COc1ccc(COCCNCc2sccc2C)cc1. The molecule has 4 heteroatoms. The van der Waals surface area contributed by atoms with Crippen LogP contribution in [0.3, 0.4) is 0 Å². The van der Waals surface area contributed by atoms with E-state index in [1.807, 2.05) is 24.3 Å². The summed E-state index contributed by atoms with van der Waals surface area (Å²) in [6.45, 7) is 5.30. The summed E-state index contributed by atoms with van der Waals surface area (Å²) in [5, 5.41) is 5.53. The van der Waals surface area contributed by atoms with Crippen LogP contribution in [-0.4, -0.2) is 20.3 Å². The van der Waals surface area contributed by atoms with Crippen LogP contribution in [0.15, 0.2) is 35.7 Å². The van der Waals surface area contributed by atoms with Crippen molar-refractivity contribution in [3.05, 3.63) is 51.7 Å². The molecule has 2 aromatic rings. The summed E-state index contributed by atoms with van der Waals surface area (Å²) >= 11 is 1.80. The summed E-state index contributed by atoms with van der Waals surface area (Å²) in [6.07, 6.45) is 0. The number of aryl methyl sites for hydroxylation is 1. The van der Waals surface area contributed by atoms with Gasteiger partial charge in [-0.25, -0.2) is 0 Å². The molecule has 1 aromatic heterocycles. The molecule has 20 heavy (non-hydrogen) atoms. The predicted octanol–water partition coefficient (Wildman–Crippen LogP) is 3.37. The van der Waals surface area contributed by atoms with Gasteiger partial charge in [0.05, 0.1) is 20.3 Å². The molecule has 108 valence electrons. The van der Waals surface area contributed by atoms with Gasteiger partial charge in [-0.05, 0) is 41.6 Å². The van der Waals surface area contributed by atoms with Crippen LogP contribution in [0.4, 0.5) is 0 Å². The van der Waals surface area contributed by atoms with Crippen LogP contribution in [0.1, 0.15) is 16.0 Å². The zero-order valence-corrected chi connectivity index (χ0v) is 12.8. The molecule has 0 aliphatic rings. The van der Waals surface area contributed by atoms with E-state index in [0.717, 1.165) is 25.4 Å². The lowest BCUT2D eigenvalue weighted by Gasteiger charge is -2.07. The normalized spacial score (nSPS) is 10.7. The molecule has 3 nitrogen and oxygen atoms in total. The first-order chi connectivity index (χ1) is 9.79. The van der Waals surface area contributed by atoms with E-state index in [2.05, 4.69) is 23.7 Å².